The van der Waals surface area contributed by atoms with Crippen LogP contribution in [-0.2, 0) is 6.42 Å². The normalized spacial score (nSPS) is 21.0. The largest absolute Gasteiger partial charge is 0.329 e. The van der Waals surface area contributed by atoms with Crippen LogP contribution in [0.2, 0.25) is 5.02 Å². The molecule has 1 atom stereocenters. The highest BCUT2D eigenvalue weighted by molar-refractivity contribution is 6.31. The Labute approximate surface area is 107 Å². The fourth-order valence-electron chi connectivity index (χ4n) is 2.55. The molecular formula is C13H18ClFN2. The van der Waals surface area contributed by atoms with Crippen molar-refractivity contribution in [1.82, 2.24) is 4.90 Å². The second-order valence-electron chi connectivity index (χ2n) is 4.53. The van der Waals surface area contributed by atoms with Gasteiger partial charge in [-0.15, -0.1) is 0 Å². The lowest BCUT2D eigenvalue weighted by atomic mass is 10.0. The van der Waals surface area contributed by atoms with Crippen LogP contribution in [0.3, 0.4) is 0 Å². The lowest BCUT2D eigenvalue weighted by Crippen LogP contribution is -2.35. The van der Waals surface area contributed by atoms with Crippen LogP contribution in [0.25, 0.3) is 0 Å². The second-order valence-corrected chi connectivity index (χ2v) is 4.93. The van der Waals surface area contributed by atoms with Crippen LogP contribution in [0.15, 0.2) is 18.2 Å². The van der Waals surface area contributed by atoms with Gasteiger partial charge in [-0.25, -0.2) is 4.39 Å². The minimum absolute atomic E-state index is 0.197. The molecule has 0 saturated carbocycles. The van der Waals surface area contributed by atoms with Gasteiger partial charge in [0.1, 0.15) is 5.82 Å². The first-order valence-corrected chi connectivity index (χ1v) is 6.47. The molecule has 17 heavy (non-hydrogen) atoms. The number of hydrogen-bond acceptors (Lipinski definition) is 2. The minimum atomic E-state index is -0.197. The molecule has 1 aromatic carbocycles. The number of rotatable bonds is 4. The molecule has 1 aromatic rings. The summed E-state index contributed by atoms with van der Waals surface area (Å²) in [7, 11) is 0. The highest BCUT2D eigenvalue weighted by atomic mass is 35.5. The van der Waals surface area contributed by atoms with Crippen molar-refractivity contribution in [1.29, 1.82) is 0 Å². The maximum Gasteiger partial charge on any atom is 0.127 e. The summed E-state index contributed by atoms with van der Waals surface area (Å²) in [5.74, 6) is -0.197. The molecule has 1 unspecified atom stereocenters. The maximum atomic E-state index is 13.7. The van der Waals surface area contributed by atoms with E-state index in [4.69, 9.17) is 17.3 Å². The topological polar surface area (TPSA) is 29.3 Å². The molecule has 0 aromatic heterocycles. The Hall–Kier alpha value is -0.640. The highest BCUT2D eigenvalue weighted by Gasteiger charge is 2.25. The van der Waals surface area contributed by atoms with E-state index in [9.17, 15) is 4.39 Å². The lowest BCUT2D eigenvalue weighted by Gasteiger charge is -2.24. The third-order valence-electron chi connectivity index (χ3n) is 3.42. The molecule has 2 rings (SSSR count). The first-order chi connectivity index (χ1) is 8.22. The van der Waals surface area contributed by atoms with Gasteiger partial charge in [0.15, 0.2) is 0 Å². The molecule has 1 heterocycles. The summed E-state index contributed by atoms with van der Waals surface area (Å²) in [6.07, 6.45) is 2.95. The van der Waals surface area contributed by atoms with E-state index in [-0.39, 0.29) is 5.82 Å². The summed E-state index contributed by atoms with van der Waals surface area (Å²) < 4.78 is 13.7. The Morgan fingerprint density at radius 2 is 2.29 bits per heavy atom. The predicted molar refractivity (Wildman–Crippen MR) is 68.8 cm³/mol. The van der Waals surface area contributed by atoms with Gasteiger partial charge < -0.3 is 5.73 Å². The van der Waals surface area contributed by atoms with Crippen molar-refractivity contribution in [2.24, 2.45) is 5.73 Å². The van der Waals surface area contributed by atoms with E-state index in [2.05, 4.69) is 4.90 Å². The molecule has 1 aliphatic heterocycles. The molecule has 1 fully saturated rings. The predicted octanol–water partition coefficient (Wildman–Crippen LogP) is 2.44. The average molecular weight is 257 g/mol. The van der Waals surface area contributed by atoms with Crippen LogP contribution in [0.5, 0.6) is 0 Å². The molecule has 0 spiro atoms. The first-order valence-electron chi connectivity index (χ1n) is 6.09. The lowest BCUT2D eigenvalue weighted by molar-refractivity contribution is 0.258. The smallest absolute Gasteiger partial charge is 0.127 e. The molecular weight excluding hydrogens is 239 g/mol. The van der Waals surface area contributed by atoms with Gasteiger partial charge in [0, 0.05) is 29.7 Å². The van der Waals surface area contributed by atoms with Crippen LogP contribution in [-0.4, -0.2) is 30.6 Å². The number of benzene rings is 1. The Morgan fingerprint density at radius 3 is 3.00 bits per heavy atom. The minimum Gasteiger partial charge on any atom is -0.329 e. The molecule has 1 aliphatic rings. The summed E-state index contributed by atoms with van der Waals surface area (Å²) in [6.45, 7) is 2.60. The van der Waals surface area contributed by atoms with Crippen molar-refractivity contribution < 1.29 is 4.39 Å². The SMILES string of the molecule is NCCN1CCCC1Cc1c(F)cccc1Cl. The fraction of sp³-hybridized carbons (Fsp3) is 0.538. The van der Waals surface area contributed by atoms with E-state index in [0.717, 1.165) is 25.9 Å². The van der Waals surface area contributed by atoms with Crippen molar-refractivity contribution >= 4 is 11.6 Å². The Kier molecular flexibility index (Phi) is 4.37. The van der Waals surface area contributed by atoms with E-state index in [0.29, 0.717) is 29.6 Å². The Bertz CT molecular complexity index is 363. The van der Waals surface area contributed by atoms with Crippen LogP contribution >= 0.6 is 11.6 Å². The van der Waals surface area contributed by atoms with Gasteiger partial charge in [-0.1, -0.05) is 17.7 Å². The second kappa shape index (κ2) is 5.80. The summed E-state index contributed by atoms with van der Waals surface area (Å²) in [5.41, 5.74) is 6.22. The van der Waals surface area contributed by atoms with Crippen LogP contribution in [0, 0.1) is 5.82 Å². The van der Waals surface area contributed by atoms with Gasteiger partial charge in [-0.2, -0.15) is 0 Å². The maximum absolute atomic E-state index is 13.7. The molecule has 0 bridgehead atoms. The molecule has 0 amide bonds. The molecule has 2 N–H and O–H groups in total. The molecule has 2 nitrogen and oxygen atoms in total. The van der Waals surface area contributed by atoms with Crippen molar-refractivity contribution in [2.75, 3.05) is 19.6 Å². The third kappa shape index (κ3) is 2.97. The van der Waals surface area contributed by atoms with Crippen molar-refractivity contribution in [3.8, 4) is 0 Å². The zero-order valence-corrected chi connectivity index (χ0v) is 10.6. The molecule has 0 aliphatic carbocycles. The van der Waals surface area contributed by atoms with Gasteiger partial charge in [-0.05, 0) is 37.9 Å². The van der Waals surface area contributed by atoms with Crippen LogP contribution in [0.1, 0.15) is 18.4 Å². The average Bonchev–Trinajstić information content (AvgIpc) is 2.72. The van der Waals surface area contributed by atoms with Crippen molar-refractivity contribution in [2.45, 2.75) is 25.3 Å². The van der Waals surface area contributed by atoms with Crippen molar-refractivity contribution in [3.63, 3.8) is 0 Å². The quantitative estimate of drug-likeness (QED) is 0.897. The summed E-state index contributed by atoms with van der Waals surface area (Å²) in [4.78, 5) is 2.34. The zero-order valence-electron chi connectivity index (χ0n) is 9.83. The van der Waals surface area contributed by atoms with Gasteiger partial charge >= 0.3 is 0 Å². The highest BCUT2D eigenvalue weighted by Crippen LogP contribution is 2.26. The number of hydrogen-bond donors (Lipinski definition) is 1. The van der Waals surface area contributed by atoms with Crippen molar-refractivity contribution in [3.05, 3.63) is 34.6 Å². The van der Waals surface area contributed by atoms with E-state index in [1.54, 1.807) is 12.1 Å². The number of nitrogens with two attached hydrogens (primary N) is 1. The standard InChI is InChI=1S/C13H18ClFN2/c14-12-4-1-5-13(15)11(12)9-10-3-2-7-17(10)8-6-16/h1,4-5,10H,2-3,6-9,16H2. The fourth-order valence-corrected chi connectivity index (χ4v) is 2.79. The Morgan fingerprint density at radius 1 is 1.47 bits per heavy atom. The molecule has 4 heteroatoms. The van der Waals surface area contributed by atoms with Gasteiger partial charge in [0.25, 0.3) is 0 Å². The van der Waals surface area contributed by atoms with Gasteiger partial charge in [0.2, 0.25) is 0 Å². The zero-order chi connectivity index (χ0) is 12.3. The van der Waals surface area contributed by atoms with Crippen LogP contribution < -0.4 is 5.73 Å². The summed E-state index contributed by atoms with van der Waals surface area (Å²) in [6, 6.07) is 5.26. The van der Waals surface area contributed by atoms with E-state index < -0.39 is 0 Å². The monoisotopic (exact) mass is 256 g/mol. The summed E-state index contributed by atoms with van der Waals surface area (Å²) in [5, 5.41) is 0.532. The number of nitrogens with zero attached hydrogens (tertiary/aromatic N) is 1. The van der Waals surface area contributed by atoms with Gasteiger partial charge in [-0.3, -0.25) is 4.90 Å². The molecule has 1 saturated heterocycles. The van der Waals surface area contributed by atoms with E-state index in [1.807, 2.05) is 0 Å². The summed E-state index contributed by atoms with van der Waals surface area (Å²) >= 11 is 6.05. The number of likely N-dealkylation sites (tertiary alicyclic amines) is 1. The Balaban J connectivity index is 2.09. The molecule has 0 radical (unpaired) electrons. The first kappa shape index (κ1) is 12.8. The van der Waals surface area contributed by atoms with E-state index in [1.165, 1.54) is 6.07 Å². The third-order valence-corrected chi connectivity index (χ3v) is 3.77. The van der Waals surface area contributed by atoms with Crippen LogP contribution in [0.4, 0.5) is 4.39 Å². The van der Waals surface area contributed by atoms with E-state index >= 15 is 0 Å². The van der Waals surface area contributed by atoms with Gasteiger partial charge in [0.05, 0.1) is 0 Å². The number of halogens is 2. The molecule has 94 valence electrons.